The van der Waals surface area contributed by atoms with E-state index in [0.29, 0.717) is 11.5 Å². The molecule has 1 aliphatic heterocycles. The van der Waals surface area contributed by atoms with Crippen LogP contribution in [0.25, 0.3) is 17.0 Å². The van der Waals surface area contributed by atoms with Crippen LogP contribution in [-0.4, -0.2) is 52.5 Å². The van der Waals surface area contributed by atoms with Gasteiger partial charge in [0, 0.05) is 31.1 Å². The van der Waals surface area contributed by atoms with Gasteiger partial charge in [0.1, 0.15) is 11.6 Å². The number of aromatic nitrogens is 4. The monoisotopic (exact) mass is 408 g/mol. The number of methoxy groups -OCH3 is 1. The maximum atomic E-state index is 12.3. The molecule has 0 atom stereocenters. The van der Waals surface area contributed by atoms with Crippen molar-refractivity contribution in [2.75, 3.05) is 31.6 Å². The first-order valence-corrected chi connectivity index (χ1v) is 10.6. The first-order valence-electron chi connectivity index (χ1n) is 10.6. The summed E-state index contributed by atoms with van der Waals surface area (Å²) in [5.74, 6) is 2.64. The van der Waals surface area contributed by atoms with Gasteiger partial charge >= 0.3 is 0 Å². The van der Waals surface area contributed by atoms with Crippen molar-refractivity contribution in [3.8, 4) is 17.1 Å². The van der Waals surface area contributed by atoms with Gasteiger partial charge in [0.15, 0.2) is 11.5 Å². The topological polar surface area (TPSA) is 84.7 Å². The van der Waals surface area contributed by atoms with Gasteiger partial charge in [-0.3, -0.25) is 4.79 Å². The molecule has 2 aromatic heterocycles. The number of hydrogen-bond acceptors (Lipinski definition) is 6. The first kappa shape index (κ1) is 20.1. The van der Waals surface area contributed by atoms with E-state index in [2.05, 4.69) is 27.3 Å². The van der Waals surface area contributed by atoms with Crippen molar-refractivity contribution in [3.05, 3.63) is 36.4 Å². The molecule has 1 aromatic carbocycles. The first-order chi connectivity index (χ1) is 14.7. The predicted molar refractivity (Wildman–Crippen MR) is 116 cm³/mol. The number of amides is 1. The number of nitrogens with zero attached hydrogens (tertiary/aromatic N) is 5. The van der Waals surface area contributed by atoms with Crippen LogP contribution < -0.4 is 15.0 Å². The molecule has 1 aliphatic rings. The van der Waals surface area contributed by atoms with Crippen LogP contribution in [0.15, 0.2) is 36.4 Å². The Morgan fingerprint density at radius 3 is 2.60 bits per heavy atom. The lowest BCUT2D eigenvalue weighted by Gasteiger charge is -2.32. The molecule has 0 saturated carbocycles. The van der Waals surface area contributed by atoms with Crippen molar-refractivity contribution < 1.29 is 9.53 Å². The quantitative estimate of drug-likeness (QED) is 0.605. The van der Waals surface area contributed by atoms with Crippen molar-refractivity contribution in [3.63, 3.8) is 0 Å². The standard InChI is InChI=1S/C22H28N6O2/c1-3-4-13-23-22(29)17-11-14-27(15-12-17)20-10-9-19-24-25-21(28(19)26-20)16-5-7-18(30-2)8-6-16/h5-10,17H,3-4,11-15H2,1-2H3,(H,23,29). The van der Waals surface area contributed by atoms with Gasteiger partial charge in [-0.1, -0.05) is 13.3 Å². The van der Waals surface area contributed by atoms with Gasteiger partial charge < -0.3 is 15.0 Å². The van der Waals surface area contributed by atoms with E-state index < -0.39 is 0 Å². The maximum Gasteiger partial charge on any atom is 0.223 e. The summed E-state index contributed by atoms with van der Waals surface area (Å²) in [6.45, 7) is 4.52. The molecule has 158 valence electrons. The lowest BCUT2D eigenvalue weighted by Crippen LogP contribution is -2.41. The molecule has 1 N–H and O–H groups in total. The number of benzene rings is 1. The fraction of sp³-hybridized carbons (Fsp3) is 0.455. The Morgan fingerprint density at radius 2 is 1.90 bits per heavy atom. The van der Waals surface area contributed by atoms with Crippen LogP contribution in [0.5, 0.6) is 5.75 Å². The summed E-state index contributed by atoms with van der Waals surface area (Å²) in [6, 6.07) is 11.6. The normalized spacial score (nSPS) is 14.8. The molecule has 3 heterocycles. The van der Waals surface area contributed by atoms with E-state index in [4.69, 9.17) is 9.84 Å². The van der Waals surface area contributed by atoms with Gasteiger partial charge in [-0.15, -0.1) is 15.3 Å². The van der Waals surface area contributed by atoms with E-state index >= 15 is 0 Å². The lowest BCUT2D eigenvalue weighted by atomic mass is 9.96. The number of unbranched alkanes of at least 4 members (excludes halogenated alkanes) is 1. The number of piperidine rings is 1. The Hall–Kier alpha value is -3.16. The minimum Gasteiger partial charge on any atom is -0.497 e. The van der Waals surface area contributed by atoms with Crippen LogP contribution in [-0.2, 0) is 4.79 Å². The molecule has 8 heteroatoms. The van der Waals surface area contributed by atoms with Gasteiger partial charge in [0.05, 0.1) is 7.11 Å². The fourth-order valence-electron chi connectivity index (χ4n) is 3.77. The number of carbonyl (C=O) groups excluding carboxylic acids is 1. The second-order valence-electron chi connectivity index (χ2n) is 7.62. The third kappa shape index (κ3) is 4.22. The van der Waals surface area contributed by atoms with E-state index in [1.165, 1.54) is 0 Å². The SMILES string of the molecule is CCCCNC(=O)C1CCN(c2ccc3nnc(-c4ccc(OC)cc4)n3n2)CC1. The molecule has 0 aliphatic carbocycles. The molecule has 1 saturated heterocycles. The van der Waals surface area contributed by atoms with Crippen molar-refractivity contribution >= 4 is 17.4 Å². The maximum absolute atomic E-state index is 12.3. The van der Waals surface area contributed by atoms with Crippen molar-refractivity contribution in [2.24, 2.45) is 5.92 Å². The van der Waals surface area contributed by atoms with E-state index in [-0.39, 0.29) is 11.8 Å². The second kappa shape index (κ2) is 9.11. The highest BCUT2D eigenvalue weighted by Gasteiger charge is 2.25. The van der Waals surface area contributed by atoms with Crippen LogP contribution in [0.4, 0.5) is 5.82 Å². The number of hydrogen-bond donors (Lipinski definition) is 1. The van der Waals surface area contributed by atoms with E-state index in [1.807, 2.05) is 36.4 Å². The summed E-state index contributed by atoms with van der Waals surface area (Å²) in [4.78, 5) is 14.6. The summed E-state index contributed by atoms with van der Waals surface area (Å²) in [5, 5.41) is 16.4. The van der Waals surface area contributed by atoms with Crippen LogP contribution in [0, 0.1) is 5.92 Å². The van der Waals surface area contributed by atoms with Gasteiger partial charge in [0.2, 0.25) is 5.91 Å². The van der Waals surface area contributed by atoms with Crippen molar-refractivity contribution in [1.82, 2.24) is 25.1 Å². The average Bonchev–Trinajstić information content (AvgIpc) is 3.22. The minimum atomic E-state index is 0.0895. The summed E-state index contributed by atoms with van der Waals surface area (Å²) in [7, 11) is 1.65. The molecule has 0 unspecified atom stereocenters. The van der Waals surface area contributed by atoms with Crippen LogP contribution in [0.2, 0.25) is 0 Å². The summed E-state index contributed by atoms with van der Waals surface area (Å²) < 4.78 is 7.01. The molecule has 1 fully saturated rings. The van der Waals surface area contributed by atoms with Gasteiger partial charge in [-0.05, 0) is 55.7 Å². The third-order valence-corrected chi connectivity index (χ3v) is 5.62. The Kier molecular flexibility index (Phi) is 6.11. The number of rotatable bonds is 7. The van der Waals surface area contributed by atoms with E-state index in [0.717, 1.165) is 62.4 Å². The molecule has 0 bridgehead atoms. The Bertz CT molecular complexity index is 993. The van der Waals surface area contributed by atoms with Gasteiger partial charge in [0.25, 0.3) is 0 Å². The second-order valence-corrected chi connectivity index (χ2v) is 7.62. The number of ether oxygens (including phenoxy) is 1. The van der Waals surface area contributed by atoms with E-state index in [9.17, 15) is 4.79 Å². The molecule has 30 heavy (non-hydrogen) atoms. The zero-order valence-electron chi connectivity index (χ0n) is 17.5. The van der Waals surface area contributed by atoms with Crippen LogP contribution in [0.3, 0.4) is 0 Å². The Morgan fingerprint density at radius 1 is 1.13 bits per heavy atom. The fourth-order valence-corrected chi connectivity index (χ4v) is 3.77. The molecular weight excluding hydrogens is 380 g/mol. The number of fused-ring (bicyclic) bond motifs is 1. The smallest absolute Gasteiger partial charge is 0.223 e. The highest BCUT2D eigenvalue weighted by atomic mass is 16.5. The van der Waals surface area contributed by atoms with Crippen LogP contribution in [0.1, 0.15) is 32.6 Å². The summed E-state index contributed by atoms with van der Waals surface area (Å²) >= 11 is 0. The van der Waals surface area contributed by atoms with Gasteiger partial charge in [-0.2, -0.15) is 4.52 Å². The largest absolute Gasteiger partial charge is 0.497 e. The predicted octanol–water partition coefficient (Wildman–Crippen LogP) is 2.93. The molecular formula is C22H28N6O2. The Balaban J connectivity index is 1.47. The van der Waals surface area contributed by atoms with E-state index in [1.54, 1.807) is 11.6 Å². The summed E-state index contributed by atoms with van der Waals surface area (Å²) in [5.41, 5.74) is 1.63. The molecule has 0 spiro atoms. The van der Waals surface area contributed by atoms with Crippen molar-refractivity contribution in [2.45, 2.75) is 32.6 Å². The molecule has 3 aromatic rings. The Labute approximate surface area is 176 Å². The zero-order chi connectivity index (χ0) is 20.9. The highest BCUT2D eigenvalue weighted by Crippen LogP contribution is 2.25. The molecule has 4 rings (SSSR count). The average molecular weight is 409 g/mol. The van der Waals surface area contributed by atoms with Crippen LogP contribution >= 0.6 is 0 Å². The highest BCUT2D eigenvalue weighted by molar-refractivity contribution is 5.79. The number of nitrogens with one attached hydrogen (secondary N) is 1. The molecule has 1 amide bonds. The molecule has 8 nitrogen and oxygen atoms in total. The molecule has 0 radical (unpaired) electrons. The minimum absolute atomic E-state index is 0.0895. The van der Waals surface area contributed by atoms with Crippen molar-refractivity contribution in [1.29, 1.82) is 0 Å². The number of anilines is 1. The number of carbonyl (C=O) groups is 1. The third-order valence-electron chi connectivity index (χ3n) is 5.62. The summed E-state index contributed by atoms with van der Waals surface area (Å²) in [6.07, 6.45) is 3.80. The van der Waals surface area contributed by atoms with Gasteiger partial charge in [-0.25, -0.2) is 0 Å². The zero-order valence-corrected chi connectivity index (χ0v) is 17.5. The lowest BCUT2D eigenvalue weighted by molar-refractivity contribution is -0.125.